The minimum atomic E-state index is -1.96. The number of aromatic nitrogens is 4. The largest absolute Gasteiger partial charge is 0.481 e. The van der Waals surface area contributed by atoms with E-state index >= 15 is 4.79 Å². The van der Waals surface area contributed by atoms with E-state index in [1.165, 1.54) is 38.9 Å². The number of aliphatic carboxylic acids is 1. The number of H-pyrrole nitrogens is 2. The summed E-state index contributed by atoms with van der Waals surface area (Å²) in [5, 5.41) is 64.9. The highest BCUT2D eigenvalue weighted by molar-refractivity contribution is 8.77. The number of primary amides is 3. The quantitative estimate of drug-likeness (QED) is 0.0323. The van der Waals surface area contributed by atoms with E-state index < -0.39 is 290 Å². The molecule has 15 atom stereocenters. The van der Waals surface area contributed by atoms with Gasteiger partial charge >= 0.3 is 5.97 Å². The standard InChI is InChI=1S/C67H103N23O22S4/c1-29(2)12-35-55(100)77-34(9-10-51(96)97)54(99)80-38(15-33-20-73-28-75-33)58(103)84-41(21-91)60(105)82-39(16-48(69)93)59(104)79-36(13-30(3)4)56(101)86-43(53(71)98)23-113-115-26-46(63(108)81-37(57(102)78-35)14-32-19-72-27-74-32)88-66(111)52(31(5)6)89-65(110)47-8-7-11-90(47)67(112)40(17-49(70)94)83-61(106)42(22-92)85-64(109)45-25-116-114-24-44(62(107)87-45)76-50(95)18-68/h19-20,27-31,34-47,52,91-92H,7-18,21-26,68H2,1-6H3,(H2,69,93)(H2,70,94)(H2,71,98)(H,72,74)(H,73,75)(H,76,95)(H,77,100)(H,78,102)(H,79,104)(H,80,99)(H,81,108)(H,82,105)(H,83,106)(H,84,103)(H,85,109)(H,86,101)(H,87,107)(H,88,111)(H,89,110)(H,96,97). The second-order valence-corrected chi connectivity index (χ2v) is 33.6. The molecule has 0 aromatic carbocycles. The Bertz CT molecular complexity index is 3830. The van der Waals surface area contributed by atoms with Crippen molar-refractivity contribution in [1.29, 1.82) is 0 Å². The number of nitrogens with zero attached hydrogens (tertiary/aromatic N) is 3. The average molecular weight is 1710 g/mol. The van der Waals surface area contributed by atoms with Gasteiger partial charge < -0.3 is 128 Å². The first-order chi connectivity index (χ1) is 54.8. The van der Waals surface area contributed by atoms with Gasteiger partial charge in [0.2, 0.25) is 106 Å². The van der Waals surface area contributed by atoms with Crippen molar-refractivity contribution in [2.24, 2.45) is 40.7 Å². The first kappa shape index (κ1) is 96.2. The van der Waals surface area contributed by atoms with Crippen LogP contribution in [0.25, 0.3) is 0 Å². The maximum absolute atomic E-state index is 15.1. The smallest absolute Gasteiger partial charge is 0.303 e. The molecule has 642 valence electrons. The van der Waals surface area contributed by atoms with Crippen LogP contribution in [0.3, 0.4) is 0 Å². The fourth-order valence-electron chi connectivity index (χ4n) is 11.8. The highest BCUT2D eigenvalue weighted by atomic mass is 33.1. The Hall–Kier alpha value is -10.4. The van der Waals surface area contributed by atoms with Gasteiger partial charge in [-0.05, 0) is 49.9 Å². The number of carbonyl (C=O) groups is 19. The number of imidazole rings is 2. The Morgan fingerprint density at radius 3 is 1.50 bits per heavy atom. The molecule has 0 bridgehead atoms. The van der Waals surface area contributed by atoms with Crippen molar-refractivity contribution in [2.45, 2.75) is 196 Å². The molecule has 2 aromatic rings. The van der Waals surface area contributed by atoms with Gasteiger partial charge in [0.15, 0.2) is 0 Å². The summed E-state index contributed by atoms with van der Waals surface area (Å²) >= 11 is 0. The first-order valence-electron chi connectivity index (χ1n) is 36.8. The zero-order valence-electron chi connectivity index (χ0n) is 64.3. The van der Waals surface area contributed by atoms with Crippen LogP contribution in [0.2, 0.25) is 0 Å². The fraction of sp³-hybridized carbons (Fsp3) is 0.627. The maximum atomic E-state index is 15.1. The summed E-state index contributed by atoms with van der Waals surface area (Å²) in [6.45, 7) is 6.78. The second-order valence-electron chi connectivity index (χ2n) is 28.4. The number of aliphatic hydroxyl groups excluding tert-OH is 2. The third-order valence-electron chi connectivity index (χ3n) is 17.8. The topological polar surface area (TPSA) is 718 Å². The van der Waals surface area contributed by atoms with Crippen molar-refractivity contribution >= 4 is 155 Å². The lowest BCUT2D eigenvalue weighted by Crippen LogP contribution is -2.62. The normalized spacial score (nSPS) is 24.4. The number of carbonyl (C=O) groups excluding carboxylic acids is 18. The number of hydrogen-bond donors (Lipinski definition) is 23. The van der Waals surface area contributed by atoms with Crippen molar-refractivity contribution in [3.05, 3.63) is 36.4 Å². The van der Waals surface area contributed by atoms with Gasteiger partial charge in [0.05, 0.1) is 56.6 Å². The number of carboxylic acids is 1. The number of hydrogen-bond acceptors (Lipinski definition) is 28. The molecule has 3 fully saturated rings. The number of nitrogens with one attached hydrogen (secondary N) is 16. The number of carboxylic acid groups (broad SMARTS) is 1. The van der Waals surface area contributed by atoms with Crippen molar-refractivity contribution < 1.29 is 106 Å². The van der Waals surface area contributed by atoms with Crippen molar-refractivity contribution in [1.82, 2.24) is 99.3 Å². The number of nitrogens with two attached hydrogens (primary N) is 4. The highest BCUT2D eigenvalue weighted by Gasteiger charge is 2.43. The van der Waals surface area contributed by atoms with Crippen LogP contribution in [-0.2, 0) is 104 Å². The summed E-state index contributed by atoms with van der Waals surface area (Å²) in [7, 11) is 3.92. The Morgan fingerprint density at radius 1 is 0.534 bits per heavy atom. The van der Waals surface area contributed by atoms with Gasteiger partial charge in [-0.2, -0.15) is 0 Å². The Kier molecular flexibility index (Phi) is 39.5. The molecule has 116 heavy (non-hydrogen) atoms. The predicted octanol–water partition coefficient (Wildman–Crippen LogP) is -9.72. The number of amides is 18. The van der Waals surface area contributed by atoms with Gasteiger partial charge in [-0.3, -0.25) is 91.1 Å². The molecule has 3 saturated heterocycles. The fourth-order valence-corrected chi connectivity index (χ4v) is 16.5. The number of rotatable bonds is 30. The molecule has 3 aliphatic rings. The van der Waals surface area contributed by atoms with Crippen molar-refractivity contribution in [2.75, 3.05) is 49.3 Å². The van der Waals surface area contributed by atoms with Crippen LogP contribution in [0.1, 0.15) is 104 Å². The first-order valence-corrected chi connectivity index (χ1v) is 41.8. The van der Waals surface area contributed by atoms with E-state index in [4.69, 9.17) is 22.9 Å². The van der Waals surface area contributed by atoms with Gasteiger partial charge in [0.25, 0.3) is 0 Å². The second kappa shape index (κ2) is 47.6. The van der Waals surface area contributed by atoms with Gasteiger partial charge in [-0.1, -0.05) is 84.7 Å². The lowest BCUT2D eigenvalue weighted by Gasteiger charge is -2.31. The Morgan fingerprint density at radius 2 is 1.00 bits per heavy atom. The summed E-state index contributed by atoms with van der Waals surface area (Å²) in [6.07, 6.45) is 0.763. The van der Waals surface area contributed by atoms with Crippen LogP contribution in [0.5, 0.6) is 0 Å². The lowest BCUT2D eigenvalue weighted by atomic mass is 10.0. The molecule has 2 aromatic heterocycles. The third kappa shape index (κ3) is 31.3. The summed E-state index contributed by atoms with van der Waals surface area (Å²) in [5.41, 5.74) is 22.5. The van der Waals surface area contributed by atoms with Crippen LogP contribution in [-0.4, -0.2) is 292 Å². The van der Waals surface area contributed by atoms with E-state index in [1.807, 2.05) is 0 Å². The third-order valence-corrected chi connectivity index (χ3v) is 22.6. The Balaban J connectivity index is 1.52. The number of likely N-dealkylation sites (tertiary alicyclic amines) is 1. The minimum absolute atomic E-state index is 0.0376. The van der Waals surface area contributed by atoms with E-state index in [9.17, 15) is 102 Å². The van der Waals surface area contributed by atoms with E-state index in [2.05, 4.69) is 94.4 Å². The van der Waals surface area contributed by atoms with Crippen molar-refractivity contribution in [3.8, 4) is 0 Å². The molecule has 0 saturated carbocycles. The lowest BCUT2D eigenvalue weighted by molar-refractivity contribution is -0.143. The van der Waals surface area contributed by atoms with Crippen LogP contribution in [0.4, 0.5) is 0 Å². The summed E-state index contributed by atoms with van der Waals surface area (Å²) in [4.78, 5) is 277. The zero-order valence-corrected chi connectivity index (χ0v) is 67.6. The Labute approximate surface area is 680 Å². The highest BCUT2D eigenvalue weighted by Crippen LogP contribution is 2.27. The minimum Gasteiger partial charge on any atom is -0.481 e. The average Bonchev–Trinajstić information content (AvgIpc) is 1.62. The summed E-state index contributed by atoms with van der Waals surface area (Å²) in [5.74, 6) is -23.1. The van der Waals surface area contributed by atoms with E-state index in [0.29, 0.717) is 0 Å². The van der Waals surface area contributed by atoms with E-state index in [1.54, 1.807) is 27.7 Å². The molecular formula is C67H103N23O22S4. The zero-order chi connectivity index (χ0) is 86.2. The molecule has 5 rings (SSSR count). The van der Waals surface area contributed by atoms with Gasteiger partial charge in [-0.25, -0.2) is 9.97 Å². The molecular weight excluding hydrogens is 1610 g/mol. The molecule has 0 spiro atoms. The van der Waals surface area contributed by atoms with E-state index in [0.717, 1.165) is 48.1 Å². The number of aliphatic hydroxyl groups is 2. The molecule has 45 nitrogen and oxygen atoms in total. The van der Waals surface area contributed by atoms with Gasteiger partial charge in [0.1, 0.15) is 90.6 Å². The van der Waals surface area contributed by atoms with Gasteiger partial charge in [0, 0.05) is 61.2 Å². The molecule has 5 heterocycles. The number of aromatic amines is 2. The molecule has 15 unspecified atom stereocenters. The van der Waals surface area contributed by atoms with Crippen LogP contribution >= 0.6 is 43.2 Å². The molecule has 0 aliphatic carbocycles. The summed E-state index contributed by atoms with van der Waals surface area (Å²) in [6, 6.07) is -24.7. The molecule has 49 heteroatoms. The molecule has 0 radical (unpaired) electrons. The predicted molar refractivity (Wildman–Crippen MR) is 417 cm³/mol. The van der Waals surface area contributed by atoms with Crippen molar-refractivity contribution in [3.63, 3.8) is 0 Å². The van der Waals surface area contributed by atoms with Crippen LogP contribution in [0.15, 0.2) is 25.0 Å². The van der Waals surface area contributed by atoms with Crippen LogP contribution < -0.4 is 97.4 Å². The summed E-state index contributed by atoms with van der Waals surface area (Å²) < 4.78 is 0. The van der Waals surface area contributed by atoms with Gasteiger partial charge in [-0.15, -0.1) is 0 Å². The monoisotopic (exact) mass is 1710 g/mol. The molecule has 3 aliphatic heterocycles. The molecule has 18 amide bonds. The maximum Gasteiger partial charge on any atom is 0.303 e. The van der Waals surface area contributed by atoms with Crippen LogP contribution in [0, 0.1) is 17.8 Å². The SMILES string of the molecule is CC(C)CC1NC(=O)C(CC(N)=O)NC(=O)C(CO)NC(=O)C(Cc2c[nH]cn2)NC(=O)C(CCC(=O)O)NC(=O)C(CC(C)C)NC(=O)C(Cc2c[nH]cn2)NC(=O)C(NC(=O)C(NC(=O)C2CCCN2C(=O)C(CC(N)=O)NC(=O)C(CO)NC(=O)C2CSSCC(NC(=O)CN)C(=O)N2)C(C)C)CSSCC(C(N)=O)NC1=O. The molecule has 27 N–H and O–H groups in total. The van der Waals surface area contributed by atoms with E-state index in [-0.39, 0.29) is 55.1 Å².